The van der Waals surface area contributed by atoms with Crippen LogP contribution >= 0.6 is 0 Å². The fraction of sp³-hybridized carbons (Fsp3) is 0.158. The van der Waals surface area contributed by atoms with Crippen LogP contribution in [0.2, 0.25) is 0 Å². The number of anilines is 1. The zero-order chi connectivity index (χ0) is 16.9. The Morgan fingerprint density at radius 2 is 1.92 bits per heavy atom. The maximum Gasteiger partial charge on any atom is 0.277 e. The van der Waals surface area contributed by atoms with E-state index in [0.717, 1.165) is 22.6 Å². The van der Waals surface area contributed by atoms with Gasteiger partial charge < -0.3 is 14.6 Å². The van der Waals surface area contributed by atoms with Gasteiger partial charge >= 0.3 is 0 Å². The van der Waals surface area contributed by atoms with Crippen molar-refractivity contribution in [2.75, 3.05) is 11.9 Å². The quantitative estimate of drug-likeness (QED) is 0.760. The van der Waals surface area contributed by atoms with Gasteiger partial charge in [0.05, 0.1) is 6.61 Å². The molecule has 122 valence electrons. The van der Waals surface area contributed by atoms with E-state index in [2.05, 4.69) is 10.5 Å². The SMILES string of the molecule is CCOc1ccc(-c2cc(C(=O)Nc3ccccc3C)no2)cc1. The Labute approximate surface area is 140 Å². The molecule has 0 unspecified atom stereocenters. The molecular weight excluding hydrogens is 304 g/mol. The molecule has 24 heavy (non-hydrogen) atoms. The van der Waals surface area contributed by atoms with E-state index in [1.165, 1.54) is 0 Å². The van der Waals surface area contributed by atoms with Crippen LogP contribution in [0.15, 0.2) is 59.1 Å². The van der Waals surface area contributed by atoms with Gasteiger partial charge in [0.25, 0.3) is 5.91 Å². The molecule has 0 saturated heterocycles. The normalized spacial score (nSPS) is 10.4. The molecule has 0 radical (unpaired) electrons. The Morgan fingerprint density at radius 1 is 1.17 bits per heavy atom. The van der Waals surface area contributed by atoms with Crippen LogP contribution in [-0.2, 0) is 0 Å². The van der Waals surface area contributed by atoms with Gasteiger partial charge in [0.2, 0.25) is 0 Å². The lowest BCUT2D eigenvalue weighted by Gasteiger charge is -2.05. The van der Waals surface area contributed by atoms with Gasteiger partial charge in [-0.15, -0.1) is 0 Å². The van der Waals surface area contributed by atoms with Crippen LogP contribution in [0.5, 0.6) is 5.75 Å². The summed E-state index contributed by atoms with van der Waals surface area (Å²) in [6, 6.07) is 16.7. The van der Waals surface area contributed by atoms with E-state index in [1.54, 1.807) is 6.07 Å². The highest BCUT2D eigenvalue weighted by Crippen LogP contribution is 2.24. The first-order chi connectivity index (χ1) is 11.7. The van der Waals surface area contributed by atoms with Crippen LogP contribution in [-0.4, -0.2) is 17.7 Å². The van der Waals surface area contributed by atoms with Crippen LogP contribution in [0, 0.1) is 6.92 Å². The minimum Gasteiger partial charge on any atom is -0.494 e. The molecule has 0 aliphatic heterocycles. The van der Waals surface area contributed by atoms with E-state index < -0.39 is 0 Å². The molecule has 0 bridgehead atoms. The van der Waals surface area contributed by atoms with Crippen molar-refractivity contribution in [2.45, 2.75) is 13.8 Å². The zero-order valence-electron chi connectivity index (χ0n) is 13.6. The van der Waals surface area contributed by atoms with Gasteiger partial charge in [-0.3, -0.25) is 4.79 Å². The molecule has 2 aromatic carbocycles. The van der Waals surface area contributed by atoms with Gasteiger partial charge in [0.1, 0.15) is 5.75 Å². The monoisotopic (exact) mass is 322 g/mol. The fourth-order valence-electron chi connectivity index (χ4n) is 2.30. The van der Waals surface area contributed by atoms with Gasteiger partial charge in [-0.05, 0) is 49.7 Å². The van der Waals surface area contributed by atoms with E-state index in [9.17, 15) is 4.79 Å². The Balaban J connectivity index is 1.75. The standard InChI is InChI=1S/C19H18N2O3/c1-3-23-15-10-8-14(9-11-15)18-12-17(21-24-18)19(22)20-16-7-5-4-6-13(16)2/h4-12H,3H2,1-2H3,(H,20,22). The Hall–Kier alpha value is -3.08. The molecule has 0 atom stereocenters. The van der Waals surface area contributed by atoms with Crippen LogP contribution < -0.4 is 10.1 Å². The molecule has 1 N–H and O–H groups in total. The number of aromatic nitrogens is 1. The van der Waals surface area contributed by atoms with Gasteiger partial charge in [-0.1, -0.05) is 23.4 Å². The van der Waals surface area contributed by atoms with E-state index in [4.69, 9.17) is 9.26 Å². The number of hydrogen-bond acceptors (Lipinski definition) is 4. The largest absolute Gasteiger partial charge is 0.494 e. The summed E-state index contributed by atoms with van der Waals surface area (Å²) in [5.41, 5.74) is 2.82. The summed E-state index contributed by atoms with van der Waals surface area (Å²) in [5.74, 6) is 1.02. The molecule has 0 spiro atoms. The minimum absolute atomic E-state index is 0.238. The first kappa shape index (κ1) is 15.8. The number of ether oxygens (including phenoxy) is 1. The number of benzene rings is 2. The second-order valence-corrected chi connectivity index (χ2v) is 5.30. The van der Waals surface area contributed by atoms with Crippen molar-refractivity contribution in [3.63, 3.8) is 0 Å². The minimum atomic E-state index is -0.301. The van der Waals surface area contributed by atoms with Crippen molar-refractivity contribution in [1.82, 2.24) is 5.16 Å². The first-order valence-corrected chi connectivity index (χ1v) is 7.74. The second-order valence-electron chi connectivity index (χ2n) is 5.30. The molecule has 1 amide bonds. The third-order valence-electron chi connectivity index (χ3n) is 3.59. The van der Waals surface area contributed by atoms with Crippen LogP contribution in [0.1, 0.15) is 23.0 Å². The number of nitrogens with zero attached hydrogens (tertiary/aromatic N) is 1. The van der Waals surface area contributed by atoms with Crippen LogP contribution in [0.25, 0.3) is 11.3 Å². The smallest absolute Gasteiger partial charge is 0.277 e. The van der Waals surface area contributed by atoms with Gasteiger partial charge in [-0.25, -0.2) is 0 Å². The summed E-state index contributed by atoms with van der Waals surface area (Å²) < 4.78 is 10.7. The molecule has 5 heteroatoms. The molecular formula is C19H18N2O3. The van der Waals surface area contributed by atoms with Crippen molar-refractivity contribution in [3.05, 3.63) is 65.9 Å². The van der Waals surface area contributed by atoms with Crippen molar-refractivity contribution in [1.29, 1.82) is 0 Å². The summed E-state index contributed by atoms with van der Waals surface area (Å²) in [7, 11) is 0. The summed E-state index contributed by atoms with van der Waals surface area (Å²) in [5, 5.41) is 6.69. The van der Waals surface area contributed by atoms with Gasteiger partial charge in [0, 0.05) is 17.3 Å². The van der Waals surface area contributed by atoms with Crippen molar-refractivity contribution in [2.24, 2.45) is 0 Å². The Morgan fingerprint density at radius 3 is 2.62 bits per heavy atom. The predicted octanol–water partition coefficient (Wildman–Crippen LogP) is 4.30. The fourth-order valence-corrected chi connectivity index (χ4v) is 2.30. The summed E-state index contributed by atoms with van der Waals surface area (Å²) >= 11 is 0. The lowest BCUT2D eigenvalue weighted by atomic mass is 10.1. The number of rotatable bonds is 5. The number of para-hydroxylation sites is 1. The molecule has 3 rings (SSSR count). The average molecular weight is 322 g/mol. The zero-order valence-corrected chi connectivity index (χ0v) is 13.6. The molecule has 0 aliphatic carbocycles. The highest BCUT2D eigenvalue weighted by atomic mass is 16.5. The molecule has 3 aromatic rings. The van der Waals surface area contributed by atoms with E-state index in [0.29, 0.717) is 12.4 Å². The third-order valence-corrected chi connectivity index (χ3v) is 3.59. The predicted molar refractivity (Wildman–Crippen MR) is 92.2 cm³/mol. The average Bonchev–Trinajstić information content (AvgIpc) is 3.08. The molecule has 1 aromatic heterocycles. The molecule has 0 aliphatic rings. The number of aryl methyl sites for hydroxylation is 1. The van der Waals surface area contributed by atoms with Gasteiger partial charge in [-0.2, -0.15) is 0 Å². The Bertz CT molecular complexity index is 838. The third kappa shape index (κ3) is 3.46. The molecule has 5 nitrogen and oxygen atoms in total. The maximum atomic E-state index is 12.3. The summed E-state index contributed by atoms with van der Waals surface area (Å²) in [6.07, 6.45) is 0. The molecule has 1 heterocycles. The Kier molecular flexibility index (Phi) is 4.61. The van der Waals surface area contributed by atoms with Crippen LogP contribution in [0.3, 0.4) is 0 Å². The number of carbonyl (C=O) groups excluding carboxylic acids is 1. The summed E-state index contributed by atoms with van der Waals surface area (Å²) in [6.45, 7) is 4.48. The number of hydrogen-bond donors (Lipinski definition) is 1. The van der Waals surface area contributed by atoms with Crippen molar-refractivity contribution < 1.29 is 14.1 Å². The lowest BCUT2D eigenvalue weighted by Crippen LogP contribution is -2.12. The maximum absolute atomic E-state index is 12.3. The molecule has 0 fully saturated rings. The number of carbonyl (C=O) groups is 1. The van der Waals surface area contributed by atoms with E-state index >= 15 is 0 Å². The highest BCUT2D eigenvalue weighted by Gasteiger charge is 2.14. The lowest BCUT2D eigenvalue weighted by molar-refractivity contribution is 0.101. The van der Waals surface area contributed by atoms with Crippen molar-refractivity contribution in [3.8, 4) is 17.1 Å². The topological polar surface area (TPSA) is 64.4 Å². The first-order valence-electron chi connectivity index (χ1n) is 7.74. The van der Waals surface area contributed by atoms with Crippen molar-refractivity contribution >= 4 is 11.6 Å². The number of nitrogens with one attached hydrogen (secondary N) is 1. The van der Waals surface area contributed by atoms with E-state index in [1.807, 2.05) is 62.4 Å². The van der Waals surface area contributed by atoms with Crippen LogP contribution in [0.4, 0.5) is 5.69 Å². The second kappa shape index (κ2) is 7.00. The number of amides is 1. The van der Waals surface area contributed by atoms with Gasteiger partial charge in [0.15, 0.2) is 11.5 Å². The molecule has 0 saturated carbocycles. The highest BCUT2D eigenvalue weighted by molar-refractivity contribution is 6.03. The summed E-state index contributed by atoms with van der Waals surface area (Å²) in [4.78, 5) is 12.3. The van der Waals surface area contributed by atoms with E-state index in [-0.39, 0.29) is 11.6 Å².